The molecule has 1 rings (SSSR count). The van der Waals surface area contributed by atoms with Crippen molar-refractivity contribution >= 4 is 0 Å². The van der Waals surface area contributed by atoms with Gasteiger partial charge in [0.1, 0.15) is 0 Å². The van der Waals surface area contributed by atoms with Crippen molar-refractivity contribution < 1.29 is 9.84 Å². The molecule has 0 aliphatic carbocycles. The van der Waals surface area contributed by atoms with Gasteiger partial charge in [-0.1, -0.05) is 13.8 Å². The van der Waals surface area contributed by atoms with E-state index in [2.05, 4.69) is 18.7 Å². The number of ether oxygens (including phenoxy) is 1. The van der Waals surface area contributed by atoms with Gasteiger partial charge in [0.25, 0.3) is 0 Å². The summed E-state index contributed by atoms with van der Waals surface area (Å²) in [5.74, 6) is 1.38. The van der Waals surface area contributed by atoms with Crippen LogP contribution in [-0.2, 0) is 4.74 Å². The molecule has 1 fully saturated rings. The largest absolute Gasteiger partial charge is 0.395 e. The van der Waals surface area contributed by atoms with Crippen LogP contribution >= 0.6 is 0 Å². The highest BCUT2D eigenvalue weighted by atomic mass is 16.5. The summed E-state index contributed by atoms with van der Waals surface area (Å²) in [4.78, 5) is 2.28. The van der Waals surface area contributed by atoms with Gasteiger partial charge in [-0.15, -0.1) is 0 Å². The maximum absolute atomic E-state index is 9.04. The minimum Gasteiger partial charge on any atom is -0.395 e. The lowest BCUT2D eigenvalue weighted by atomic mass is 10.1. The maximum atomic E-state index is 9.04. The highest BCUT2D eigenvalue weighted by molar-refractivity contribution is 4.86. The molecule has 0 saturated carbocycles. The average Bonchev–Trinajstić information content (AvgIpc) is 2.04. The second-order valence-electron chi connectivity index (χ2n) is 3.59. The third-order valence-electron chi connectivity index (χ3n) is 2.08. The Kier molecular flexibility index (Phi) is 3.98. The maximum Gasteiger partial charge on any atom is 0.0644 e. The van der Waals surface area contributed by atoms with E-state index < -0.39 is 0 Å². The molecule has 0 aromatic heterocycles. The first-order valence-electron chi connectivity index (χ1n) is 4.45. The topological polar surface area (TPSA) is 32.7 Å². The van der Waals surface area contributed by atoms with Gasteiger partial charge >= 0.3 is 0 Å². The second-order valence-corrected chi connectivity index (χ2v) is 3.59. The number of morpholine rings is 1. The Morgan fingerprint density at radius 2 is 2.33 bits per heavy atom. The molecule has 1 aliphatic heterocycles. The van der Waals surface area contributed by atoms with Crippen LogP contribution in [0.15, 0.2) is 0 Å². The number of nitrogens with zero attached hydrogens (tertiary/aromatic N) is 1. The van der Waals surface area contributed by atoms with Gasteiger partial charge in [0.2, 0.25) is 0 Å². The standard InChI is InChI=1S/C9H18NO2/c1-8(2)5-10-3-4-12-7-9(10)6-11/h9,11H,3-7H2,1-2H3. The molecule has 0 aromatic rings. The summed E-state index contributed by atoms with van der Waals surface area (Å²) >= 11 is 0. The molecule has 71 valence electrons. The Morgan fingerprint density at radius 1 is 1.58 bits per heavy atom. The third kappa shape index (κ3) is 2.73. The zero-order valence-corrected chi connectivity index (χ0v) is 7.92. The number of aliphatic hydroxyl groups excluding tert-OH is 1. The van der Waals surface area contributed by atoms with Gasteiger partial charge in [0.15, 0.2) is 0 Å². The first-order chi connectivity index (χ1) is 5.74. The average molecular weight is 172 g/mol. The minimum atomic E-state index is 0.202. The van der Waals surface area contributed by atoms with Crippen molar-refractivity contribution in [1.29, 1.82) is 0 Å². The van der Waals surface area contributed by atoms with E-state index in [0.717, 1.165) is 19.7 Å². The van der Waals surface area contributed by atoms with Gasteiger partial charge in [-0.2, -0.15) is 0 Å². The van der Waals surface area contributed by atoms with Crippen molar-refractivity contribution in [3.63, 3.8) is 0 Å². The van der Waals surface area contributed by atoms with Gasteiger partial charge in [0, 0.05) is 13.1 Å². The molecule has 1 N–H and O–H groups in total. The van der Waals surface area contributed by atoms with Crippen molar-refractivity contribution in [1.82, 2.24) is 4.90 Å². The number of rotatable bonds is 3. The van der Waals surface area contributed by atoms with Crippen molar-refractivity contribution in [2.75, 3.05) is 32.9 Å². The lowest BCUT2D eigenvalue weighted by molar-refractivity contribution is -0.0250. The molecule has 3 nitrogen and oxygen atoms in total. The molecule has 12 heavy (non-hydrogen) atoms. The highest BCUT2D eigenvalue weighted by Crippen LogP contribution is 2.09. The van der Waals surface area contributed by atoms with Crippen LogP contribution in [0.2, 0.25) is 0 Å². The fourth-order valence-corrected chi connectivity index (χ4v) is 1.47. The minimum absolute atomic E-state index is 0.202. The number of aliphatic hydroxyl groups is 1. The van der Waals surface area contributed by atoms with Crippen LogP contribution in [-0.4, -0.2) is 49.0 Å². The van der Waals surface area contributed by atoms with E-state index in [1.165, 1.54) is 5.92 Å². The Labute approximate surface area is 74.3 Å². The van der Waals surface area contributed by atoms with Crippen molar-refractivity contribution in [3.8, 4) is 0 Å². The molecule has 1 aliphatic rings. The first-order valence-corrected chi connectivity index (χ1v) is 4.45. The number of hydrogen-bond acceptors (Lipinski definition) is 3. The van der Waals surface area contributed by atoms with Gasteiger partial charge in [0.05, 0.1) is 25.9 Å². The van der Waals surface area contributed by atoms with Crippen LogP contribution < -0.4 is 0 Å². The normalized spacial score (nSPS) is 26.5. The van der Waals surface area contributed by atoms with Crippen LogP contribution in [0.1, 0.15) is 13.8 Å². The van der Waals surface area contributed by atoms with Crippen molar-refractivity contribution in [3.05, 3.63) is 5.92 Å². The van der Waals surface area contributed by atoms with Crippen molar-refractivity contribution in [2.45, 2.75) is 19.9 Å². The fourth-order valence-electron chi connectivity index (χ4n) is 1.47. The van der Waals surface area contributed by atoms with E-state index in [9.17, 15) is 0 Å². The highest BCUT2D eigenvalue weighted by Gasteiger charge is 2.22. The monoisotopic (exact) mass is 172 g/mol. The molecule has 1 heterocycles. The summed E-state index contributed by atoms with van der Waals surface area (Å²) in [6.45, 7) is 7.82. The zero-order valence-electron chi connectivity index (χ0n) is 7.92. The molecular formula is C9H18NO2. The van der Waals surface area contributed by atoms with E-state index in [1.807, 2.05) is 0 Å². The zero-order chi connectivity index (χ0) is 8.97. The smallest absolute Gasteiger partial charge is 0.0644 e. The molecule has 0 bridgehead atoms. The lowest BCUT2D eigenvalue weighted by Crippen LogP contribution is -2.48. The SMILES string of the molecule is C[C](C)CN1CCOCC1CO. The van der Waals surface area contributed by atoms with Crippen LogP contribution in [0.4, 0.5) is 0 Å². The predicted molar refractivity (Wildman–Crippen MR) is 47.9 cm³/mol. The van der Waals surface area contributed by atoms with E-state index in [4.69, 9.17) is 9.84 Å². The first kappa shape index (κ1) is 9.96. The quantitative estimate of drug-likeness (QED) is 0.664. The lowest BCUT2D eigenvalue weighted by Gasteiger charge is -2.35. The van der Waals surface area contributed by atoms with E-state index in [-0.39, 0.29) is 12.6 Å². The molecule has 0 spiro atoms. The molecule has 1 radical (unpaired) electrons. The molecule has 0 amide bonds. The molecule has 3 heteroatoms. The van der Waals surface area contributed by atoms with Gasteiger partial charge in [-0.3, -0.25) is 4.90 Å². The Bertz CT molecular complexity index is 128. The summed E-state index contributed by atoms with van der Waals surface area (Å²) in [5.41, 5.74) is 0. The van der Waals surface area contributed by atoms with E-state index in [1.54, 1.807) is 0 Å². The summed E-state index contributed by atoms with van der Waals surface area (Å²) < 4.78 is 5.27. The van der Waals surface area contributed by atoms with Gasteiger partial charge in [-0.05, 0) is 5.92 Å². The van der Waals surface area contributed by atoms with Crippen LogP contribution in [0.25, 0.3) is 0 Å². The van der Waals surface area contributed by atoms with Crippen LogP contribution in [0, 0.1) is 5.92 Å². The summed E-state index contributed by atoms with van der Waals surface area (Å²) in [5, 5.41) is 9.04. The third-order valence-corrected chi connectivity index (χ3v) is 2.08. The van der Waals surface area contributed by atoms with E-state index in [0.29, 0.717) is 6.61 Å². The fraction of sp³-hybridized carbons (Fsp3) is 0.889. The molecule has 0 aromatic carbocycles. The van der Waals surface area contributed by atoms with Gasteiger partial charge in [-0.25, -0.2) is 0 Å². The Balaban J connectivity index is 2.36. The van der Waals surface area contributed by atoms with Crippen molar-refractivity contribution in [2.24, 2.45) is 0 Å². The summed E-state index contributed by atoms with van der Waals surface area (Å²) in [7, 11) is 0. The predicted octanol–water partition coefficient (Wildman–Crippen LogP) is 0.294. The molecular weight excluding hydrogens is 154 g/mol. The van der Waals surface area contributed by atoms with Crippen LogP contribution in [0.5, 0.6) is 0 Å². The molecule has 1 unspecified atom stereocenters. The van der Waals surface area contributed by atoms with E-state index >= 15 is 0 Å². The summed E-state index contributed by atoms with van der Waals surface area (Å²) in [6, 6.07) is 0.202. The second kappa shape index (κ2) is 4.80. The summed E-state index contributed by atoms with van der Waals surface area (Å²) in [6.07, 6.45) is 0. The Hall–Kier alpha value is -0.120. The molecule has 1 saturated heterocycles. The number of hydrogen-bond donors (Lipinski definition) is 1. The Morgan fingerprint density at radius 3 is 2.92 bits per heavy atom. The van der Waals surface area contributed by atoms with Crippen LogP contribution in [0.3, 0.4) is 0 Å². The molecule has 1 atom stereocenters. The van der Waals surface area contributed by atoms with Gasteiger partial charge < -0.3 is 9.84 Å².